The third kappa shape index (κ3) is 2.02. The van der Waals surface area contributed by atoms with Crippen LogP contribution in [0.25, 0.3) is 12.2 Å². The molecule has 0 spiro atoms. The first kappa shape index (κ1) is 10.6. The lowest BCUT2D eigenvalue weighted by Gasteiger charge is -2.12. The van der Waals surface area contributed by atoms with Crippen LogP contribution in [0, 0.1) is 5.41 Å². The molecule has 1 aliphatic carbocycles. The summed E-state index contributed by atoms with van der Waals surface area (Å²) in [6, 6.07) is 5.73. The van der Waals surface area contributed by atoms with E-state index in [0.29, 0.717) is 5.69 Å². The average molecular weight is 211 g/mol. The van der Waals surface area contributed by atoms with Crippen molar-refractivity contribution >= 4 is 23.9 Å². The van der Waals surface area contributed by atoms with E-state index >= 15 is 0 Å². The largest absolute Gasteiger partial charge is 0.240 e. The minimum Gasteiger partial charge on any atom is -0.211 e. The lowest BCUT2D eigenvalue weighted by Crippen LogP contribution is -1.99. The number of carbonyl (C=O) groups excluding carboxylic acids is 1. The van der Waals surface area contributed by atoms with E-state index in [9.17, 15) is 4.79 Å². The summed E-state index contributed by atoms with van der Waals surface area (Å²) >= 11 is 0. The van der Waals surface area contributed by atoms with Crippen molar-refractivity contribution in [3.8, 4) is 0 Å². The summed E-state index contributed by atoms with van der Waals surface area (Å²) in [4.78, 5) is 14.1. The normalized spacial score (nSPS) is 16.1. The van der Waals surface area contributed by atoms with Crippen molar-refractivity contribution in [3.05, 3.63) is 41.5 Å². The highest BCUT2D eigenvalue weighted by atomic mass is 16.1. The molecule has 0 amide bonds. The number of rotatable bonds is 1. The van der Waals surface area contributed by atoms with Gasteiger partial charge in [-0.2, -0.15) is 4.99 Å². The zero-order valence-electron chi connectivity index (χ0n) is 9.40. The molecule has 2 heteroatoms. The molecule has 0 saturated heterocycles. The van der Waals surface area contributed by atoms with Crippen LogP contribution < -0.4 is 0 Å². The van der Waals surface area contributed by atoms with Crippen LogP contribution in [-0.2, 0) is 4.79 Å². The molecule has 0 N–H and O–H groups in total. The van der Waals surface area contributed by atoms with Gasteiger partial charge in [0.15, 0.2) is 0 Å². The minimum atomic E-state index is 0.0290. The fourth-order valence-electron chi connectivity index (χ4n) is 1.70. The van der Waals surface area contributed by atoms with E-state index in [4.69, 9.17) is 0 Å². The Balaban J connectivity index is 2.63. The first-order valence-electron chi connectivity index (χ1n) is 5.22. The maximum absolute atomic E-state index is 10.3. The van der Waals surface area contributed by atoms with E-state index in [0.717, 1.165) is 11.1 Å². The van der Waals surface area contributed by atoms with Crippen LogP contribution in [0.5, 0.6) is 0 Å². The van der Waals surface area contributed by atoms with E-state index in [2.05, 4.69) is 37.1 Å². The number of nitrogens with zero attached hydrogens (tertiary/aromatic N) is 1. The SMILES string of the molecule is CC1(C)C=Cc2cccc(N=C=O)c2C=C1. The Morgan fingerprint density at radius 1 is 1.19 bits per heavy atom. The molecule has 80 valence electrons. The second-order valence-corrected chi connectivity index (χ2v) is 4.47. The fourth-order valence-corrected chi connectivity index (χ4v) is 1.70. The Kier molecular flexibility index (Phi) is 2.59. The Hall–Kier alpha value is -1.92. The van der Waals surface area contributed by atoms with Gasteiger partial charge in [0, 0.05) is 11.0 Å². The minimum absolute atomic E-state index is 0.0290. The molecular formula is C14H13NO. The zero-order valence-corrected chi connectivity index (χ0v) is 9.40. The molecule has 16 heavy (non-hydrogen) atoms. The molecule has 0 unspecified atom stereocenters. The van der Waals surface area contributed by atoms with Crippen molar-refractivity contribution in [2.45, 2.75) is 13.8 Å². The van der Waals surface area contributed by atoms with Gasteiger partial charge < -0.3 is 0 Å². The van der Waals surface area contributed by atoms with Crippen LogP contribution in [0.15, 0.2) is 35.3 Å². The molecule has 0 bridgehead atoms. The van der Waals surface area contributed by atoms with Crippen LogP contribution in [-0.4, -0.2) is 6.08 Å². The number of isocyanates is 1. The smallest absolute Gasteiger partial charge is 0.211 e. The van der Waals surface area contributed by atoms with Gasteiger partial charge in [0.2, 0.25) is 6.08 Å². The number of hydrogen-bond acceptors (Lipinski definition) is 2. The Labute approximate surface area is 95.0 Å². The monoisotopic (exact) mass is 211 g/mol. The Morgan fingerprint density at radius 3 is 2.69 bits per heavy atom. The zero-order chi connectivity index (χ0) is 11.6. The molecule has 0 fully saturated rings. The summed E-state index contributed by atoms with van der Waals surface area (Å²) in [5.41, 5.74) is 2.76. The first-order chi connectivity index (χ1) is 7.62. The van der Waals surface area contributed by atoms with Crippen molar-refractivity contribution in [2.24, 2.45) is 10.4 Å². The van der Waals surface area contributed by atoms with Gasteiger partial charge in [-0.15, -0.1) is 0 Å². The van der Waals surface area contributed by atoms with Crippen molar-refractivity contribution in [1.82, 2.24) is 0 Å². The van der Waals surface area contributed by atoms with Crippen LogP contribution in [0.2, 0.25) is 0 Å². The van der Waals surface area contributed by atoms with Crippen LogP contribution in [0.1, 0.15) is 25.0 Å². The molecule has 2 rings (SSSR count). The van der Waals surface area contributed by atoms with Gasteiger partial charge >= 0.3 is 0 Å². The van der Waals surface area contributed by atoms with Gasteiger partial charge in [0.1, 0.15) is 0 Å². The summed E-state index contributed by atoms with van der Waals surface area (Å²) in [5.74, 6) is 0. The van der Waals surface area contributed by atoms with E-state index in [1.165, 1.54) is 0 Å². The third-order valence-electron chi connectivity index (χ3n) is 2.65. The van der Waals surface area contributed by atoms with Crippen molar-refractivity contribution in [2.75, 3.05) is 0 Å². The summed E-state index contributed by atoms with van der Waals surface area (Å²) in [5, 5.41) is 0. The van der Waals surface area contributed by atoms with Crippen molar-refractivity contribution < 1.29 is 4.79 Å². The molecule has 0 atom stereocenters. The highest BCUT2D eigenvalue weighted by Crippen LogP contribution is 2.32. The van der Waals surface area contributed by atoms with Crippen molar-refractivity contribution in [3.63, 3.8) is 0 Å². The van der Waals surface area contributed by atoms with E-state index in [1.807, 2.05) is 24.3 Å². The van der Waals surface area contributed by atoms with Gasteiger partial charge in [0.25, 0.3) is 0 Å². The molecule has 0 heterocycles. The van der Waals surface area contributed by atoms with Crippen LogP contribution in [0.3, 0.4) is 0 Å². The lowest BCUT2D eigenvalue weighted by atomic mass is 9.93. The highest BCUT2D eigenvalue weighted by Gasteiger charge is 2.13. The third-order valence-corrected chi connectivity index (χ3v) is 2.65. The molecule has 1 aromatic carbocycles. The standard InChI is InChI=1S/C14H13NO/c1-14(2)8-6-11-4-3-5-13(15-10-16)12(11)7-9-14/h3-9H,1-2H3. The van der Waals surface area contributed by atoms with Crippen molar-refractivity contribution in [1.29, 1.82) is 0 Å². The molecule has 0 aliphatic heterocycles. The molecule has 0 radical (unpaired) electrons. The number of hydrogen-bond donors (Lipinski definition) is 0. The summed E-state index contributed by atoms with van der Waals surface area (Å²) in [7, 11) is 0. The maximum Gasteiger partial charge on any atom is 0.240 e. The topological polar surface area (TPSA) is 29.4 Å². The number of allylic oxidation sites excluding steroid dienone is 2. The first-order valence-corrected chi connectivity index (χ1v) is 5.22. The van der Waals surface area contributed by atoms with E-state index in [1.54, 1.807) is 6.08 Å². The summed E-state index contributed by atoms with van der Waals surface area (Å²) < 4.78 is 0. The molecule has 0 aromatic heterocycles. The molecule has 0 saturated carbocycles. The second kappa shape index (κ2) is 3.92. The lowest BCUT2D eigenvalue weighted by molar-refractivity contribution is 0.565. The van der Waals surface area contributed by atoms with Gasteiger partial charge in [-0.05, 0) is 11.6 Å². The number of benzene rings is 1. The summed E-state index contributed by atoms with van der Waals surface area (Å²) in [6.45, 7) is 4.27. The molecule has 1 aromatic rings. The quantitative estimate of drug-likeness (QED) is 0.514. The molecule has 2 nitrogen and oxygen atoms in total. The summed E-state index contributed by atoms with van der Waals surface area (Å²) in [6.07, 6.45) is 9.93. The molecule has 1 aliphatic rings. The van der Waals surface area contributed by atoms with Crippen LogP contribution in [0.4, 0.5) is 5.69 Å². The van der Waals surface area contributed by atoms with Crippen LogP contribution >= 0.6 is 0 Å². The Bertz CT molecular complexity index is 518. The van der Waals surface area contributed by atoms with Gasteiger partial charge in [0.05, 0.1) is 5.69 Å². The number of fused-ring (bicyclic) bond motifs is 1. The predicted octanol–water partition coefficient (Wildman–Crippen LogP) is 3.72. The highest BCUT2D eigenvalue weighted by molar-refractivity contribution is 5.77. The van der Waals surface area contributed by atoms with E-state index < -0.39 is 0 Å². The predicted molar refractivity (Wildman–Crippen MR) is 66.1 cm³/mol. The second-order valence-electron chi connectivity index (χ2n) is 4.47. The number of aliphatic imine (C=N–C) groups is 1. The maximum atomic E-state index is 10.3. The molecular weight excluding hydrogens is 198 g/mol. The Morgan fingerprint density at radius 2 is 1.94 bits per heavy atom. The van der Waals surface area contributed by atoms with Gasteiger partial charge in [-0.3, -0.25) is 0 Å². The van der Waals surface area contributed by atoms with Gasteiger partial charge in [-0.1, -0.05) is 50.3 Å². The van der Waals surface area contributed by atoms with Gasteiger partial charge in [-0.25, -0.2) is 4.79 Å². The fraction of sp³-hybridized carbons (Fsp3) is 0.214. The van der Waals surface area contributed by atoms with E-state index in [-0.39, 0.29) is 5.41 Å². The average Bonchev–Trinajstić information content (AvgIpc) is 2.40.